The molecule has 1 aliphatic carbocycles. The number of thiophene rings is 5. The zero-order valence-electron chi connectivity index (χ0n) is 71.5. The number of hydrogen-bond acceptors (Lipinski definition) is 24. The summed E-state index contributed by atoms with van der Waals surface area (Å²) in [6.07, 6.45) is -13.2. The molecule has 0 unspecified atom stereocenters. The van der Waals surface area contributed by atoms with Crippen molar-refractivity contribution in [3.63, 3.8) is 0 Å². The lowest BCUT2D eigenvalue weighted by Crippen LogP contribution is -2.35. The number of carbonyl (C=O) groups excluding carboxylic acids is 6. The second kappa shape index (κ2) is 42.0. The van der Waals surface area contributed by atoms with E-state index in [4.69, 9.17) is 0 Å². The molecule has 23 nitrogen and oxygen atoms in total. The molecule has 16 rings (SSSR count). The number of ketones is 2. The zero-order chi connectivity index (χ0) is 96.5. The number of hydrogen-bond donors (Lipinski definition) is 0. The molecule has 14 heterocycles. The molecule has 4 aliphatic rings. The van der Waals surface area contributed by atoms with Crippen molar-refractivity contribution >= 4 is 91.9 Å². The number of carbonyl (C=O) groups is 6. The van der Waals surface area contributed by atoms with Crippen LogP contribution in [-0.2, 0) is 37.1 Å². The van der Waals surface area contributed by atoms with Gasteiger partial charge >= 0.3 is 42.9 Å². The maximum Gasteiger partial charge on any atom is 0.471 e. The Morgan fingerprint density at radius 3 is 1.07 bits per heavy atom. The first-order valence-corrected chi connectivity index (χ1v) is 44.9. The van der Waals surface area contributed by atoms with Gasteiger partial charge in [0, 0.05) is 104 Å². The smallest absolute Gasteiger partial charge is 0.351 e. The Hall–Kier alpha value is -11.1. The highest BCUT2D eigenvalue weighted by Gasteiger charge is 2.45. The average Bonchev–Trinajstić information content (AvgIpc) is 1.75. The molecule has 4 amide bonds. The Bertz CT molecular complexity index is 5720. The maximum absolute atomic E-state index is 12.8. The third-order valence-corrected chi connectivity index (χ3v) is 26.3. The van der Waals surface area contributed by atoms with Gasteiger partial charge < -0.3 is 46.7 Å². The molecule has 1 aromatic carbocycles. The number of aromatic nitrogens is 7. The molecule has 46 heteroatoms. The van der Waals surface area contributed by atoms with Crippen molar-refractivity contribution in [3.8, 4) is 64.2 Å². The Balaban J connectivity index is 0.000000153. The van der Waals surface area contributed by atoms with E-state index in [1.807, 2.05) is 0 Å². The number of nitrogens with zero attached hydrogens (tertiary/aromatic N) is 11. The van der Waals surface area contributed by atoms with E-state index in [1.165, 1.54) is 50.0 Å². The standard InChI is InChI=1S/C16H16F3NO2S.C16H16F3NO2.C15H15F3N2O2S.C14H13F3N2O2S.C13H12F3N3O2S.C12H11F3N2O2S/c1-9-13(20-22-15(9)16(17,18)19)11-7-8-12(23-11)14(21)10-5-3-2-4-6-10;1-9-12(20-22-14(9)16(17,18)19)10-5-7-11(8-6-10)13(21)15(2,3)4;1-9-12(19-22-13(9)15(16,17)18)10-5-6-11(23-10)14(21)20-7-3-2-4-8-20;15-14(16,17)12-8-9(18-21-12)10-4-5-11(22-10)13(20)19-6-2-1-3-7-19;14-13(15,16)12-17-10(18-21-12)8-4-5-9(22-8)11(20)19-6-2-1-3-7-19;1-6-9(16-19-10(6)12(13,14)15)7-4-5-8(20-7)11(18)17(2)3/h7-8,10H,2-6H2,1H3;5-8H,1-4H3;5-6H,2-4,7-8H2,1H3;4-5,8H,1-3,6-7H2;4-5H,1-3,6-7H2;4-5H,1-3H3. The van der Waals surface area contributed by atoms with Crippen LogP contribution in [0, 0.1) is 39.0 Å². The summed E-state index contributed by atoms with van der Waals surface area (Å²) >= 11 is 5.61. The fourth-order valence-corrected chi connectivity index (χ4v) is 19.0. The van der Waals surface area contributed by atoms with E-state index in [2.05, 4.69) is 63.1 Å². The van der Waals surface area contributed by atoms with E-state index >= 15 is 0 Å². The van der Waals surface area contributed by atoms with Crippen molar-refractivity contribution in [3.05, 3.63) is 178 Å². The first kappa shape index (κ1) is 101. The summed E-state index contributed by atoms with van der Waals surface area (Å²) < 4.78 is 254. The summed E-state index contributed by atoms with van der Waals surface area (Å²) in [5.41, 5.74) is 0.838. The first-order valence-electron chi connectivity index (χ1n) is 40.8. The molecule has 0 N–H and O–H groups in total. The van der Waals surface area contributed by atoms with Crippen LogP contribution in [-0.4, -0.2) is 144 Å². The first-order chi connectivity index (χ1) is 61.9. The molecule has 3 saturated heterocycles. The lowest BCUT2D eigenvalue weighted by Gasteiger charge is -2.26. The Kier molecular flexibility index (Phi) is 32.2. The van der Waals surface area contributed by atoms with Gasteiger partial charge in [-0.15, -0.1) is 56.7 Å². The summed E-state index contributed by atoms with van der Waals surface area (Å²) in [7, 11) is 3.20. The van der Waals surface area contributed by atoms with Gasteiger partial charge in [0.1, 0.15) is 28.5 Å². The number of rotatable bonds is 13. The van der Waals surface area contributed by atoms with Crippen molar-refractivity contribution in [1.29, 1.82) is 0 Å². The molecule has 12 aromatic rings. The topological polar surface area (TPSA) is 284 Å². The minimum absolute atomic E-state index is 0.0353. The molecule has 11 aromatic heterocycles. The van der Waals surface area contributed by atoms with Gasteiger partial charge in [-0.25, -0.2) is 0 Å². The van der Waals surface area contributed by atoms with Crippen LogP contribution in [0.15, 0.2) is 118 Å². The van der Waals surface area contributed by atoms with Crippen molar-refractivity contribution in [1.82, 2.24) is 55.5 Å². The van der Waals surface area contributed by atoms with Gasteiger partial charge in [0.15, 0.2) is 11.6 Å². The Morgan fingerprint density at radius 1 is 0.364 bits per heavy atom. The van der Waals surface area contributed by atoms with E-state index in [9.17, 15) is 108 Å². The minimum Gasteiger partial charge on any atom is -0.351 e. The SMILES string of the molecule is Cc1c(-c2ccc(C(=O)C(C)(C)C)cc2)noc1C(F)(F)F.Cc1c(-c2ccc(C(=O)C3CCCCC3)s2)noc1C(F)(F)F.Cc1c(-c2ccc(C(=O)N(C)C)s2)noc1C(F)(F)F.Cc1c(-c2ccc(C(=O)N3CCCCC3)s2)noc1C(F)(F)F.O=C(c1ccc(-c2cc(C(F)(F)F)on2)s1)N1CCCCC1.O=C(c1ccc(-c2noc(C(F)(F)F)n2)s1)N1CCCCC1. The fraction of sp³-hybridized carbons (Fsp3) is 0.430. The number of alkyl halides is 18. The molecule has 3 aliphatic heterocycles. The van der Waals surface area contributed by atoms with Gasteiger partial charge in [0.05, 0.1) is 48.8 Å². The van der Waals surface area contributed by atoms with Gasteiger partial charge in [0.2, 0.25) is 34.6 Å². The number of Topliss-reactive ketones (excluding diaryl/α,β-unsaturated/α-hetero) is 2. The van der Waals surface area contributed by atoms with Gasteiger partial charge in [-0.05, 0) is 159 Å². The van der Waals surface area contributed by atoms with Gasteiger partial charge in [-0.1, -0.05) is 95.2 Å². The summed E-state index contributed by atoms with van der Waals surface area (Å²) in [6, 6.07) is 23.2. The second-order valence-electron chi connectivity index (χ2n) is 31.9. The van der Waals surface area contributed by atoms with Gasteiger partial charge in [0.25, 0.3) is 23.6 Å². The number of likely N-dealkylation sites (tertiary alicyclic amines) is 3. The largest absolute Gasteiger partial charge is 0.471 e. The average molecular weight is 1960 g/mol. The summed E-state index contributed by atoms with van der Waals surface area (Å²) in [6.45, 7) is 15.0. The van der Waals surface area contributed by atoms with Gasteiger partial charge in [-0.2, -0.15) is 84.0 Å². The molecule has 1 saturated carbocycles. The van der Waals surface area contributed by atoms with E-state index in [-0.39, 0.29) is 97.7 Å². The van der Waals surface area contributed by atoms with Crippen LogP contribution in [0.4, 0.5) is 79.0 Å². The van der Waals surface area contributed by atoms with E-state index in [1.54, 1.807) is 128 Å². The quantitative estimate of drug-likeness (QED) is 0.0765. The van der Waals surface area contributed by atoms with Crippen molar-refractivity contribution < 1.29 is 135 Å². The number of piperidine rings is 3. The molecular formula is C86H83F18N11O12S5. The molecule has 0 spiro atoms. The van der Waals surface area contributed by atoms with Crippen LogP contribution < -0.4 is 0 Å². The normalized spacial score (nSPS) is 14.9. The third-order valence-electron chi connectivity index (χ3n) is 20.9. The number of amides is 4. The predicted molar refractivity (Wildman–Crippen MR) is 450 cm³/mol. The highest BCUT2D eigenvalue weighted by molar-refractivity contribution is 7.18. The number of benzene rings is 1. The fourth-order valence-electron chi connectivity index (χ4n) is 14.0. The van der Waals surface area contributed by atoms with Crippen LogP contribution >= 0.6 is 56.7 Å². The van der Waals surface area contributed by atoms with Crippen LogP contribution in [0.25, 0.3) is 64.2 Å². The van der Waals surface area contributed by atoms with Gasteiger partial charge in [-0.3, -0.25) is 28.8 Å². The van der Waals surface area contributed by atoms with Crippen LogP contribution in [0.1, 0.15) is 226 Å². The Labute approximate surface area is 760 Å². The monoisotopic (exact) mass is 1960 g/mol. The second-order valence-corrected chi connectivity index (χ2v) is 37.3. The van der Waals surface area contributed by atoms with E-state index in [0.29, 0.717) is 73.0 Å². The maximum atomic E-state index is 12.8. The lowest BCUT2D eigenvalue weighted by atomic mass is 9.86. The van der Waals surface area contributed by atoms with E-state index < -0.39 is 77.2 Å². The van der Waals surface area contributed by atoms with E-state index in [0.717, 1.165) is 167 Å². The molecule has 0 atom stereocenters. The lowest BCUT2D eigenvalue weighted by molar-refractivity contribution is -0.159. The number of halogens is 18. The summed E-state index contributed by atoms with van der Waals surface area (Å²) in [5.74, 6) is -7.42. The summed E-state index contributed by atoms with van der Waals surface area (Å²) in [5, 5.41) is 20.8. The highest BCUT2D eigenvalue weighted by atomic mass is 32.1. The highest BCUT2D eigenvalue weighted by Crippen LogP contribution is 2.45. The van der Waals surface area contributed by atoms with Crippen molar-refractivity contribution in [2.45, 2.75) is 175 Å². The molecule has 4 fully saturated rings. The minimum atomic E-state index is -4.67. The third kappa shape index (κ3) is 25.2. The van der Waals surface area contributed by atoms with Crippen LogP contribution in [0.5, 0.6) is 0 Å². The van der Waals surface area contributed by atoms with Crippen LogP contribution in [0.3, 0.4) is 0 Å². The molecule has 0 radical (unpaired) electrons. The zero-order valence-corrected chi connectivity index (χ0v) is 75.6. The van der Waals surface area contributed by atoms with Crippen molar-refractivity contribution in [2.75, 3.05) is 53.4 Å². The van der Waals surface area contributed by atoms with Crippen LogP contribution in [0.2, 0.25) is 0 Å². The Morgan fingerprint density at radius 2 is 0.705 bits per heavy atom. The van der Waals surface area contributed by atoms with Crippen molar-refractivity contribution in [2.24, 2.45) is 11.3 Å². The predicted octanol–water partition coefficient (Wildman–Crippen LogP) is 25.7. The molecule has 132 heavy (non-hydrogen) atoms. The molecule has 0 bridgehead atoms. The molecule has 710 valence electrons. The molecular weight excluding hydrogens is 1880 g/mol. The summed E-state index contributed by atoms with van der Waals surface area (Å²) in [4.78, 5) is 88.3.